The van der Waals surface area contributed by atoms with E-state index >= 15 is 0 Å². The summed E-state index contributed by atoms with van der Waals surface area (Å²) in [4.78, 5) is 12.1. The van der Waals surface area contributed by atoms with Crippen LogP contribution in [0.2, 0.25) is 0 Å². The maximum absolute atomic E-state index is 10.1. The van der Waals surface area contributed by atoms with E-state index in [4.69, 9.17) is 10.8 Å². The van der Waals surface area contributed by atoms with Crippen molar-refractivity contribution in [1.82, 2.24) is 4.90 Å². The zero-order chi connectivity index (χ0) is 10.9. The van der Waals surface area contributed by atoms with E-state index in [1.54, 1.807) is 11.8 Å². The first-order chi connectivity index (χ1) is 5.91. The van der Waals surface area contributed by atoms with Gasteiger partial charge in [0, 0.05) is 0 Å². The van der Waals surface area contributed by atoms with Crippen LogP contribution in [0.4, 0.5) is 0 Å². The Kier molecular flexibility index (Phi) is 11.5. The smallest absolute Gasteiger partial charge is 0.320 e. The summed E-state index contributed by atoms with van der Waals surface area (Å²) < 4.78 is 0. The normalized spacial score (nSPS) is 11.8. The first-order valence-corrected chi connectivity index (χ1v) is 5.39. The van der Waals surface area contributed by atoms with Crippen LogP contribution in [0.5, 0.6) is 0 Å². The number of thioether (sulfide) groups is 1. The van der Waals surface area contributed by atoms with E-state index in [0.717, 1.165) is 5.75 Å². The first-order valence-electron chi connectivity index (χ1n) is 4.00. The Hall–Kier alpha value is -0.260. The Labute approximate surface area is 84.5 Å². The molecule has 0 aliphatic heterocycles. The Balaban J connectivity index is 0. The van der Waals surface area contributed by atoms with Crippen LogP contribution in [0.3, 0.4) is 0 Å². The van der Waals surface area contributed by atoms with Crippen molar-refractivity contribution >= 4 is 17.7 Å². The van der Waals surface area contributed by atoms with Gasteiger partial charge in [0.05, 0.1) is 0 Å². The molecule has 80 valence electrons. The highest BCUT2D eigenvalue weighted by Gasteiger charge is 2.08. The van der Waals surface area contributed by atoms with E-state index in [-0.39, 0.29) is 0 Å². The largest absolute Gasteiger partial charge is 0.480 e. The van der Waals surface area contributed by atoms with Crippen molar-refractivity contribution in [2.75, 3.05) is 33.2 Å². The minimum absolute atomic E-state index is 0.552. The summed E-state index contributed by atoms with van der Waals surface area (Å²) >= 11 is 1.60. The Morgan fingerprint density at radius 2 is 1.92 bits per heavy atom. The third-order valence-electron chi connectivity index (χ3n) is 0.950. The molecule has 5 heteroatoms. The summed E-state index contributed by atoms with van der Waals surface area (Å²) in [5.74, 6) is -0.1000. The zero-order valence-electron chi connectivity index (χ0n) is 8.78. The highest BCUT2D eigenvalue weighted by atomic mass is 32.2. The van der Waals surface area contributed by atoms with E-state index in [9.17, 15) is 4.79 Å². The second kappa shape index (κ2) is 9.83. The molecule has 0 spiro atoms. The number of hydrogen-bond donors (Lipinski definition) is 2. The van der Waals surface area contributed by atoms with Crippen LogP contribution < -0.4 is 5.73 Å². The van der Waals surface area contributed by atoms with Crippen LogP contribution in [-0.4, -0.2) is 55.2 Å². The molecule has 0 aliphatic carbocycles. The minimum atomic E-state index is -0.913. The molecule has 0 radical (unpaired) electrons. The fourth-order valence-corrected chi connectivity index (χ4v) is 0.858. The third-order valence-corrected chi connectivity index (χ3v) is 1.59. The Morgan fingerprint density at radius 1 is 1.54 bits per heavy atom. The summed E-state index contributed by atoms with van der Waals surface area (Å²) in [6, 6.07) is -0.683. The van der Waals surface area contributed by atoms with Gasteiger partial charge < -0.3 is 15.7 Å². The van der Waals surface area contributed by atoms with Gasteiger partial charge in [-0.25, -0.2) is 0 Å². The maximum Gasteiger partial charge on any atom is 0.320 e. The molecule has 4 nitrogen and oxygen atoms in total. The number of nitrogens with two attached hydrogens (primary N) is 1. The number of aliphatic carboxylic acids is 1. The summed E-state index contributed by atoms with van der Waals surface area (Å²) in [6.07, 6.45) is 2.48. The predicted octanol–water partition coefficient (Wildman–Crippen LogP) is 0.329. The fourth-order valence-electron chi connectivity index (χ4n) is 0.368. The number of carbonyl (C=O) groups is 1. The molecule has 13 heavy (non-hydrogen) atoms. The van der Waals surface area contributed by atoms with Gasteiger partial charge in [0.2, 0.25) is 0 Å². The van der Waals surface area contributed by atoms with Gasteiger partial charge in [-0.2, -0.15) is 11.8 Å². The molecule has 0 aromatic rings. The third kappa shape index (κ3) is 18.6. The van der Waals surface area contributed by atoms with E-state index < -0.39 is 12.0 Å². The van der Waals surface area contributed by atoms with Crippen LogP contribution >= 0.6 is 11.8 Å². The minimum Gasteiger partial charge on any atom is -0.480 e. The number of rotatable bonds is 4. The average molecular weight is 208 g/mol. The molecule has 0 saturated carbocycles. The first kappa shape index (κ1) is 15.2. The predicted molar refractivity (Wildman–Crippen MR) is 58.2 cm³/mol. The monoisotopic (exact) mass is 208 g/mol. The van der Waals surface area contributed by atoms with Gasteiger partial charge in [-0.15, -0.1) is 0 Å². The van der Waals surface area contributed by atoms with Gasteiger partial charge in [0.1, 0.15) is 6.04 Å². The van der Waals surface area contributed by atoms with Crippen LogP contribution in [0, 0.1) is 0 Å². The zero-order valence-corrected chi connectivity index (χ0v) is 9.60. The summed E-state index contributed by atoms with van der Waals surface area (Å²) in [6.45, 7) is 0. The molecular formula is C8H20N2O2S. The van der Waals surface area contributed by atoms with Crippen molar-refractivity contribution in [3.63, 3.8) is 0 Å². The molecule has 3 N–H and O–H groups in total. The fraction of sp³-hybridized carbons (Fsp3) is 0.875. The van der Waals surface area contributed by atoms with Crippen molar-refractivity contribution in [2.45, 2.75) is 12.5 Å². The number of carboxylic acid groups (broad SMARTS) is 1. The molecule has 0 heterocycles. The lowest BCUT2D eigenvalue weighted by Gasteiger charge is -2.02. The van der Waals surface area contributed by atoms with Gasteiger partial charge in [-0.05, 0) is 39.6 Å². The van der Waals surface area contributed by atoms with Crippen molar-refractivity contribution in [2.24, 2.45) is 5.73 Å². The molecule has 0 aliphatic rings. The van der Waals surface area contributed by atoms with Crippen LogP contribution in [0.1, 0.15) is 6.42 Å². The van der Waals surface area contributed by atoms with Crippen LogP contribution in [-0.2, 0) is 4.79 Å². The van der Waals surface area contributed by atoms with Crippen LogP contribution in [0.25, 0.3) is 0 Å². The lowest BCUT2D eigenvalue weighted by molar-refractivity contribution is -0.138. The summed E-state index contributed by atoms with van der Waals surface area (Å²) in [5, 5.41) is 8.27. The summed E-state index contributed by atoms with van der Waals surface area (Å²) in [5.41, 5.74) is 5.19. The van der Waals surface area contributed by atoms with Gasteiger partial charge in [0.15, 0.2) is 0 Å². The van der Waals surface area contributed by atoms with E-state index in [2.05, 4.69) is 0 Å². The standard InChI is InChI=1S/C5H11NO2S.C3H9N/c1-9-3-2-4(6)5(7)8;1-4(2)3/h4H,2-3,6H2,1H3,(H,7,8);1-3H3. The SMILES string of the molecule is CN(C)C.CSCCC(N)C(=O)O. The lowest BCUT2D eigenvalue weighted by Crippen LogP contribution is -2.30. The topological polar surface area (TPSA) is 66.6 Å². The maximum atomic E-state index is 10.1. The lowest BCUT2D eigenvalue weighted by atomic mass is 10.2. The molecule has 0 aromatic carbocycles. The molecular weight excluding hydrogens is 188 g/mol. The number of carboxylic acids is 1. The van der Waals surface area contributed by atoms with Crippen molar-refractivity contribution in [3.05, 3.63) is 0 Å². The highest BCUT2D eigenvalue weighted by Crippen LogP contribution is 1.97. The molecule has 0 amide bonds. The second-order valence-electron chi connectivity index (χ2n) is 3.07. The molecule has 0 bridgehead atoms. The van der Waals surface area contributed by atoms with Crippen molar-refractivity contribution < 1.29 is 9.90 Å². The van der Waals surface area contributed by atoms with Crippen molar-refractivity contribution in [1.29, 1.82) is 0 Å². The highest BCUT2D eigenvalue weighted by molar-refractivity contribution is 7.98. The van der Waals surface area contributed by atoms with Gasteiger partial charge in [0.25, 0.3) is 0 Å². The Morgan fingerprint density at radius 3 is 2.15 bits per heavy atom. The average Bonchev–Trinajstić information content (AvgIpc) is 1.98. The molecule has 1 unspecified atom stereocenters. The molecule has 1 atom stereocenters. The Bertz CT molecular complexity index is 129. The second-order valence-corrected chi connectivity index (χ2v) is 4.05. The number of nitrogens with zero attached hydrogens (tertiary/aromatic N) is 1. The number of hydrogen-bond acceptors (Lipinski definition) is 4. The molecule has 0 fully saturated rings. The van der Waals surface area contributed by atoms with Gasteiger partial charge in [-0.3, -0.25) is 4.79 Å². The van der Waals surface area contributed by atoms with E-state index in [1.807, 2.05) is 32.3 Å². The van der Waals surface area contributed by atoms with Gasteiger partial charge in [-0.1, -0.05) is 0 Å². The van der Waals surface area contributed by atoms with Crippen LogP contribution in [0.15, 0.2) is 0 Å². The molecule has 0 rings (SSSR count). The molecule has 0 aromatic heterocycles. The molecule has 0 saturated heterocycles. The summed E-state index contributed by atoms with van der Waals surface area (Å²) in [7, 11) is 6.00. The van der Waals surface area contributed by atoms with Crippen molar-refractivity contribution in [3.8, 4) is 0 Å². The quantitative estimate of drug-likeness (QED) is 0.697. The van der Waals surface area contributed by atoms with E-state index in [1.165, 1.54) is 0 Å². The van der Waals surface area contributed by atoms with E-state index in [0.29, 0.717) is 6.42 Å². The van der Waals surface area contributed by atoms with Gasteiger partial charge >= 0.3 is 5.97 Å².